The molecule has 0 heterocycles. The van der Waals surface area contributed by atoms with Crippen LogP contribution in [0.2, 0.25) is 0 Å². The van der Waals surface area contributed by atoms with Crippen LogP contribution >= 0.6 is 0 Å². The maximum atomic E-state index is 10.3. The fraction of sp³-hybridized carbons (Fsp3) is 0.571. The van der Waals surface area contributed by atoms with Crippen molar-refractivity contribution in [3.05, 3.63) is 11.6 Å². The van der Waals surface area contributed by atoms with E-state index in [9.17, 15) is 4.79 Å². The lowest BCUT2D eigenvalue weighted by atomic mass is 10.1. The number of hydrogen-bond acceptors (Lipinski definition) is 2. The summed E-state index contributed by atoms with van der Waals surface area (Å²) < 4.78 is 0. The average molecular weight is 143 g/mol. The van der Waals surface area contributed by atoms with Gasteiger partial charge in [0.1, 0.15) is 6.04 Å². The summed E-state index contributed by atoms with van der Waals surface area (Å²) in [5.41, 5.74) is 6.08. The van der Waals surface area contributed by atoms with Crippen molar-refractivity contribution in [2.75, 3.05) is 0 Å². The Morgan fingerprint density at radius 2 is 2.30 bits per heavy atom. The van der Waals surface area contributed by atoms with E-state index in [1.807, 2.05) is 6.92 Å². The molecule has 0 aliphatic rings. The number of nitrogens with two attached hydrogens (primary N) is 1. The molecule has 0 fully saturated rings. The van der Waals surface area contributed by atoms with Gasteiger partial charge >= 0.3 is 5.97 Å². The third-order valence-electron chi connectivity index (χ3n) is 1.44. The van der Waals surface area contributed by atoms with Gasteiger partial charge in [0, 0.05) is 0 Å². The predicted octanol–water partition coefficient (Wildman–Crippen LogP) is 0.755. The zero-order valence-corrected chi connectivity index (χ0v) is 6.29. The molecule has 3 nitrogen and oxygen atoms in total. The molecule has 0 saturated carbocycles. The molecule has 0 saturated heterocycles. The molecule has 0 aliphatic carbocycles. The number of rotatable bonds is 3. The van der Waals surface area contributed by atoms with Gasteiger partial charge in [-0.1, -0.05) is 13.0 Å². The summed E-state index contributed by atoms with van der Waals surface area (Å²) in [4.78, 5) is 10.3. The summed E-state index contributed by atoms with van der Waals surface area (Å²) in [6.07, 6.45) is 2.45. The van der Waals surface area contributed by atoms with E-state index in [2.05, 4.69) is 0 Å². The second-order valence-electron chi connectivity index (χ2n) is 2.03. The van der Waals surface area contributed by atoms with Gasteiger partial charge in [0.15, 0.2) is 0 Å². The lowest BCUT2D eigenvalue weighted by Gasteiger charge is -2.07. The van der Waals surface area contributed by atoms with Gasteiger partial charge in [0.05, 0.1) is 0 Å². The molecule has 0 spiro atoms. The topological polar surface area (TPSA) is 63.3 Å². The first kappa shape index (κ1) is 9.17. The number of carboxylic acids is 1. The van der Waals surface area contributed by atoms with Crippen LogP contribution < -0.4 is 5.73 Å². The van der Waals surface area contributed by atoms with Gasteiger partial charge in [-0.3, -0.25) is 4.79 Å². The molecule has 0 aromatic heterocycles. The Bertz CT molecular complexity index is 152. The molecule has 0 radical (unpaired) electrons. The third kappa shape index (κ3) is 2.19. The number of hydrogen-bond donors (Lipinski definition) is 2. The molecular weight excluding hydrogens is 130 g/mol. The molecular formula is C7H13NO2. The van der Waals surface area contributed by atoms with Crippen molar-refractivity contribution in [1.82, 2.24) is 0 Å². The third-order valence-corrected chi connectivity index (χ3v) is 1.44. The van der Waals surface area contributed by atoms with Gasteiger partial charge < -0.3 is 10.8 Å². The van der Waals surface area contributed by atoms with Crippen LogP contribution in [0.25, 0.3) is 0 Å². The first-order chi connectivity index (χ1) is 4.63. The highest BCUT2D eigenvalue weighted by Crippen LogP contribution is 2.04. The number of aliphatic carboxylic acids is 1. The predicted molar refractivity (Wildman–Crippen MR) is 39.7 cm³/mol. The van der Waals surface area contributed by atoms with Crippen molar-refractivity contribution in [1.29, 1.82) is 0 Å². The van der Waals surface area contributed by atoms with E-state index >= 15 is 0 Å². The number of allylic oxidation sites excluding steroid dienone is 1. The van der Waals surface area contributed by atoms with E-state index in [4.69, 9.17) is 10.8 Å². The minimum absolute atomic E-state index is 0.698. The van der Waals surface area contributed by atoms with Crippen LogP contribution in [0.4, 0.5) is 0 Å². The van der Waals surface area contributed by atoms with Gasteiger partial charge in [0.25, 0.3) is 0 Å². The summed E-state index contributed by atoms with van der Waals surface area (Å²) in [5.74, 6) is -0.963. The van der Waals surface area contributed by atoms with E-state index in [1.165, 1.54) is 0 Å². The van der Waals surface area contributed by atoms with Crippen LogP contribution in [-0.4, -0.2) is 17.1 Å². The quantitative estimate of drug-likeness (QED) is 0.573. The molecule has 0 rings (SSSR count). The molecule has 3 heteroatoms. The number of carbonyl (C=O) groups is 1. The van der Waals surface area contributed by atoms with Crippen molar-refractivity contribution in [2.24, 2.45) is 5.73 Å². The molecule has 0 aromatic rings. The van der Waals surface area contributed by atoms with Crippen LogP contribution in [0.1, 0.15) is 20.3 Å². The molecule has 1 atom stereocenters. The first-order valence-electron chi connectivity index (χ1n) is 3.27. The fourth-order valence-corrected chi connectivity index (χ4v) is 0.762. The molecule has 0 bridgehead atoms. The Morgan fingerprint density at radius 3 is 2.40 bits per heavy atom. The minimum atomic E-state index is -0.963. The summed E-state index contributed by atoms with van der Waals surface area (Å²) >= 11 is 0. The first-order valence-corrected chi connectivity index (χ1v) is 3.27. The highest BCUT2D eigenvalue weighted by molar-refractivity contribution is 5.76. The SMILES string of the molecule is C/C=C(\CC)[C@@H](N)C(=O)O. The fourth-order valence-electron chi connectivity index (χ4n) is 0.762. The zero-order chi connectivity index (χ0) is 8.15. The van der Waals surface area contributed by atoms with E-state index in [1.54, 1.807) is 13.0 Å². The second kappa shape index (κ2) is 4.06. The highest BCUT2D eigenvalue weighted by Gasteiger charge is 2.13. The summed E-state index contributed by atoms with van der Waals surface area (Å²) in [6, 6.07) is -0.824. The molecule has 58 valence electrons. The number of carboxylic acid groups (broad SMARTS) is 1. The van der Waals surface area contributed by atoms with Crippen LogP contribution in [0.3, 0.4) is 0 Å². The average Bonchev–Trinajstić information content (AvgIpc) is 1.90. The molecule has 0 amide bonds. The van der Waals surface area contributed by atoms with Crippen LogP contribution in [-0.2, 0) is 4.79 Å². The largest absolute Gasteiger partial charge is 0.480 e. The second-order valence-corrected chi connectivity index (χ2v) is 2.03. The highest BCUT2D eigenvalue weighted by atomic mass is 16.4. The molecule has 0 aromatic carbocycles. The van der Waals surface area contributed by atoms with Crippen molar-refractivity contribution >= 4 is 5.97 Å². The van der Waals surface area contributed by atoms with E-state index in [-0.39, 0.29) is 0 Å². The summed E-state index contributed by atoms with van der Waals surface area (Å²) in [7, 11) is 0. The van der Waals surface area contributed by atoms with E-state index < -0.39 is 12.0 Å². The van der Waals surface area contributed by atoms with Crippen molar-refractivity contribution in [3.8, 4) is 0 Å². The lowest BCUT2D eigenvalue weighted by Crippen LogP contribution is -2.31. The van der Waals surface area contributed by atoms with Crippen molar-refractivity contribution in [3.63, 3.8) is 0 Å². The maximum Gasteiger partial charge on any atom is 0.324 e. The van der Waals surface area contributed by atoms with Crippen LogP contribution in [0, 0.1) is 0 Å². The van der Waals surface area contributed by atoms with Gasteiger partial charge in [-0.2, -0.15) is 0 Å². The van der Waals surface area contributed by atoms with Gasteiger partial charge in [0.2, 0.25) is 0 Å². The van der Waals surface area contributed by atoms with Crippen LogP contribution in [0.15, 0.2) is 11.6 Å². The van der Waals surface area contributed by atoms with Gasteiger partial charge in [-0.25, -0.2) is 0 Å². The van der Waals surface area contributed by atoms with Crippen molar-refractivity contribution in [2.45, 2.75) is 26.3 Å². The lowest BCUT2D eigenvalue weighted by molar-refractivity contribution is -0.137. The monoisotopic (exact) mass is 143 g/mol. The molecule has 0 unspecified atom stereocenters. The molecule has 3 N–H and O–H groups in total. The normalized spacial score (nSPS) is 14.9. The smallest absolute Gasteiger partial charge is 0.324 e. The maximum absolute atomic E-state index is 10.3. The zero-order valence-electron chi connectivity index (χ0n) is 6.29. The molecule has 0 aliphatic heterocycles. The summed E-state index contributed by atoms with van der Waals surface area (Å²) in [6.45, 7) is 3.68. The van der Waals surface area contributed by atoms with E-state index in [0.29, 0.717) is 6.42 Å². The standard InChI is InChI=1S/C7H13NO2/c1-3-5(4-2)6(8)7(9)10/h3,6H,4,8H2,1-2H3,(H,9,10)/b5-3+/t6-/m1/s1. The minimum Gasteiger partial charge on any atom is -0.480 e. The summed E-state index contributed by atoms with van der Waals surface area (Å²) in [5, 5.41) is 8.45. The Hall–Kier alpha value is -0.830. The Labute approximate surface area is 60.5 Å². The van der Waals surface area contributed by atoms with E-state index in [0.717, 1.165) is 5.57 Å². The van der Waals surface area contributed by atoms with Crippen LogP contribution in [0.5, 0.6) is 0 Å². The van der Waals surface area contributed by atoms with Gasteiger partial charge in [-0.15, -0.1) is 0 Å². The van der Waals surface area contributed by atoms with Crippen molar-refractivity contribution < 1.29 is 9.90 Å². The Morgan fingerprint density at radius 1 is 1.80 bits per heavy atom. The molecule has 10 heavy (non-hydrogen) atoms. The Kier molecular flexibility index (Phi) is 3.72. The Balaban J connectivity index is 4.17. The van der Waals surface area contributed by atoms with Gasteiger partial charge in [-0.05, 0) is 18.9 Å².